The van der Waals surface area contributed by atoms with E-state index in [1.807, 2.05) is 30.5 Å². The summed E-state index contributed by atoms with van der Waals surface area (Å²) in [6, 6.07) is 7.48. The van der Waals surface area contributed by atoms with Crippen molar-refractivity contribution in [3.8, 4) is 0 Å². The van der Waals surface area contributed by atoms with Crippen molar-refractivity contribution < 1.29 is 4.79 Å². The zero-order valence-corrected chi connectivity index (χ0v) is 18.9. The zero-order chi connectivity index (χ0) is 20.5. The number of nitrogens with one attached hydrogen (secondary N) is 2. The first kappa shape index (κ1) is 20.6. The van der Waals surface area contributed by atoms with Crippen LogP contribution in [-0.4, -0.2) is 65.3 Å². The lowest BCUT2D eigenvalue weighted by atomic mass is 9.74. The first-order valence-corrected chi connectivity index (χ1v) is 12.1. The van der Waals surface area contributed by atoms with Gasteiger partial charge in [-0.2, -0.15) is 0 Å². The molecule has 1 aromatic heterocycles. The fourth-order valence-electron chi connectivity index (χ4n) is 5.20. The third kappa shape index (κ3) is 3.77. The molecule has 2 aromatic rings. The number of likely N-dealkylation sites (N-methyl/N-ethyl adjacent to an activating group) is 1. The Balaban J connectivity index is 1.62. The van der Waals surface area contributed by atoms with Gasteiger partial charge in [-0.25, -0.2) is 4.79 Å². The van der Waals surface area contributed by atoms with E-state index in [4.69, 9.17) is 0 Å². The number of rotatable bonds is 6. The molecule has 0 saturated carbocycles. The summed E-state index contributed by atoms with van der Waals surface area (Å²) in [5.74, 6) is 1.62. The number of aromatic amines is 1. The first-order chi connectivity index (χ1) is 14.1. The average Bonchev–Trinajstić information content (AvgIpc) is 3.07. The van der Waals surface area contributed by atoms with Crippen molar-refractivity contribution in [2.75, 3.05) is 32.4 Å². The Labute approximate surface area is 178 Å². The highest BCUT2D eigenvalue weighted by atomic mass is 32.2. The Morgan fingerprint density at radius 1 is 1.31 bits per heavy atom. The molecule has 158 valence electrons. The average molecular weight is 415 g/mol. The maximum atomic E-state index is 12.6. The standard InChI is InChI=1S/C23H34N4OS/c1-5-11-29-22-18-13-20-17(16-9-8-10-19(25-22)21(16)18)12-15(14-26(20)4)24-23(28)27(6-2)7-3/h8-10,15,17,20,25H,5-7,11-14H2,1-4H3,(H,24,28)/t15-,17?,20+/m0/s1. The molecule has 0 spiro atoms. The van der Waals surface area contributed by atoms with Crippen molar-refractivity contribution in [1.29, 1.82) is 0 Å². The van der Waals surface area contributed by atoms with Crippen molar-refractivity contribution in [3.63, 3.8) is 0 Å². The summed E-state index contributed by atoms with van der Waals surface area (Å²) in [6.45, 7) is 8.74. The van der Waals surface area contributed by atoms with Crippen LogP contribution in [0.5, 0.6) is 0 Å². The Morgan fingerprint density at radius 2 is 2.10 bits per heavy atom. The number of amides is 2. The highest BCUT2D eigenvalue weighted by Gasteiger charge is 2.40. The fourth-order valence-corrected chi connectivity index (χ4v) is 6.15. The van der Waals surface area contributed by atoms with Gasteiger partial charge in [0.15, 0.2) is 0 Å². The van der Waals surface area contributed by atoms with E-state index in [9.17, 15) is 4.79 Å². The predicted octanol–water partition coefficient (Wildman–Crippen LogP) is 4.43. The number of benzene rings is 1. The monoisotopic (exact) mass is 414 g/mol. The number of hydrogen-bond donors (Lipinski definition) is 2. The highest BCUT2D eigenvalue weighted by molar-refractivity contribution is 7.99. The molecule has 2 aliphatic rings. The number of H-pyrrole nitrogens is 1. The van der Waals surface area contributed by atoms with Gasteiger partial charge in [-0.1, -0.05) is 19.1 Å². The summed E-state index contributed by atoms with van der Waals surface area (Å²) in [6.07, 6.45) is 3.30. The van der Waals surface area contributed by atoms with Gasteiger partial charge in [0.25, 0.3) is 0 Å². The Kier molecular flexibility index (Phi) is 6.11. The quantitative estimate of drug-likeness (QED) is 0.688. The van der Waals surface area contributed by atoms with E-state index in [0.29, 0.717) is 12.0 Å². The van der Waals surface area contributed by atoms with E-state index in [0.717, 1.165) is 38.2 Å². The normalized spacial score (nSPS) is 23.8. The van der Waals surface area contributed by atoms with Crippen molar-refractivity contribution in [2.45, 2.75) is 63.1 Å². The van der Waals surface area contributed by atoms with Gasteiger partial charge in [-0.3, -0.25) is 0 Å². The molecule has 1 aromatic carbocycles. The van der Waals surface area contributed by atoms with Crippen molar-refractivity contribution in [3.05, 3.63) is 29.3 Å². The number of urea groups is 1. The van der Waals surface area contributed by atoms with E-state index < -0.39 is 0 Å². The molecule has 1 saturated heterocycles. The van der Waals surface area contributed by atoms with Crippen LogP contribution in [0.2, 0.25) is 0 Å². The number of piperidine rings is 1. The lowest BCUT2D eigenvalue weighted by Crippen LogP contribution is -2.56. The largest absolute Gasteiger partial charge is 0.349 e. The molecule has 1 aliphatic carbocycles. The lowest BCUT2D eigenvalue weighted by Gasteiger charge is -2.46. The molecular formula is C23H34N4OS. The molecule has 1 aliphatic heterocycles. The van der Waals surface area contributed by atoms with Crippen LogP contribution in [-0.2, 0) is 6.42 Å². The van der Waals surface area contributed by atoms with Crippen LogP contribution in [0, 0.1) is 0 Å². The number of fused-ring (bicyclic) bond motifs is 2. The van der Waals surface area contributed by atoms with Crippen LogP contribution >= 0.6 is 11.8 Å². The van der Waals surface area contributed by atoms with Crippen LogP contribution in [0.25, 0.3) is 10.9 Å². The van der Waals surface area contributed by atoms with Gasteiger partial charge < -0.3 is 20.1 Å². The Morgan fingerprint density at radius 3 is 2.83 bits per heavy atom. The Hall–Kier alpha value is -1.66. The third-order valence-electron chi connectivity index (χ3n) is 6.64. The second-order valence-electron chi connectivity index (χ2n) is 8.42. The van der Waals surface area contributed by atoms with Gasteiger partial charge in [0, 0.05) is 48.5 Å². The molecule has 0 radical (unpaired) electrons. The van der Waals surface area contributed by atoms with Crippen LogP contribution in [0.15, 0.2) is 23.2 Å². The number of thioether (sulfide) groups is 1. The zero-order valence-electron chi connectivity index (χ0n) is 18.1. The van der Waals surface area contributed by atoms with Gasteiger partial charge in [-0.15, -0.1) is 11.8 Å². The van der Waals surface area contributed by atoms with E-state index in [2.05, 4.69) is 47.4 Å². The molecular weight excluding hydrogens is 380 g/mol. The molecule has 3 atom stereocenters. The molecule has 4 rings (SSSR count). The molecule has 6 heteroatoms. The number of likely N-dealkylation sites (tertiary alicyclic amines) is 1. The number of aromatic nitrogens is 1. The van der Waals surface area contributed by atoms with Crippen LogP contribution in [0.4, 0.5) is 4.79 Å². The van der Waals surface area contributed by atoms with Gasteiger partial charge in [0.05, 0.1) is 5.03 Å². The molecule has 2 heterocycles. The van der Waals surface area contributed by atoms with E-state index in [1.54, 1.807) is 0 Å². The van der Waals surface area contributed by atoms with Crippen molar-refractivity contribution >= 4 is 28.7 Å². The predicted molar refractivity (Wildman–Crippen MR) is 122 cm³/mol. The van der Waals surface area contributed by atoms with E-state index in [1.165, 1.54) is 33.5 Å². The summed E-state index contributed by atoms with van der Waals surface area (Å²) in [7, 11) is 2.23. The lowest BCUT2D eigenvalue weighted by molar-refractivity contribution is 0.123. The maximum absolute atomic E-state index is 12.6. The molecule has 5 nitrogen and oxygen atoms in total. The second kappa shape index (κ2) is 8.60. The van der Waals surface area contributed by atoms with Crippen molar-refractivity contribution in [2.24, 2.45) is 0 Å². The number of carbonyl (C=O) groups excluding carboxylic acids is 1. The minimum absolute atomic E-state index is 0.0708. The van der Waals surface area contributed by atoms with Gasteiger partial charge >= 0.3 is 6.03 Å². The smallest absolute Gasteiger partial charge is 0.317 e. The first-order valence-electron chi connectivity index (χ1n) is 11.1. The number of carbonyl (C=O) groups is 1. The molecule has 1 fully saturated rings. The maximum Gasteiger partial charge on any atom is 0.317 e. The summed E-state index contributed by atoms with van der Waals surface area (Å²) in [4.78, 5) is 20.7. The van der Waals surface area contributed by atoms with Gasteiger partial charge in [0.2, 0.25) is 0 Å². The molecule has 2 N–H and O–H groups in total. The second-order valence-corrected chi connectivity index (χ2v) is 9.53. The Bertz CT molecular complexity index is 875. The summed E-state index contributed by atoms with van der Waals surface area (Å²) in [5, 5.41) is 6.11. The summed E-state index contributed by atoms with van der Waals surface area (Å²) < 4.78 is 0. The highest BCUT2D eigenvalue weighted by Crippen LogP contribution is 2.45. The molecule has 1 unspecified atom stereocenters. The van der Waals surface area contributed by atoms with Crippen LogP contribution < -0.4 is 5.32 Å². The fraction of sp³-hybridized carbons (Fsp3) is 0.609. The minimum atomic E-state index is 0.0708. The number of hydrogen-bond acceptors (Lipinski definition) is 3. The SMILES string of the molecule is CCCSc1[nH]c2cccc3c2c1C[C@@H]1C3C[C@H](NC(=O)N(CC)CC)CN1C. The molecule has 0 bridgehead atoms. The minimum Gasteiger partial charge on any atom is -0.349 e. The van der Waals surface area contributed by atoms with Crippen molar-refractivity contribution in [1.82, 2.24) is 20.1 Å². The number of nitrogens with zero attached hydrogens (tertiary/aromatic N) is 2. The summed E-state index contributed by atoms with van der Waals surface area (Å²) >= 11 is 1.96. The van der Waals surface area contributed by atoms with Gasteiger partial charge in [-0.05, 0) is 63.1 Å². The van der Waals surface area contributed by atoms with Crippen LogP contribution in [0.3, 0.4) is 0 Å². The van der Waals surface area contributed by atoms with E-state index in [-0.39, 0.29) is 12.1 Å². The topological polar surface area (TPSA) is 51.4 Å². The summed E-state index contributed by atoms with van der Waals surface area (Å²) in [5.41, 5.74) is 4.24. The molecule has 2 amide bonds. The van der Waals surface area contributed by atoms with Gasteiger partial charge in [0.1, 0.15) is 0 Å². The third-order valence-corrected chi connectivity index (χ3v) is 7.89. The van der Waals surface area contributed by atoms with E-state index >= 15 is 0 Å². The van der Waals surface area contributed by atoms with Crippen LogP contribution in [0.1, 0.15) is 50.7 Å². The molecule has 29 heavy (non-hydrogen) atoms.